The van der Waals surface area contributed by atoms with E-state index in [1.807, 2.05) is 49.5 Å². The first kappa shape index (κ1) is 19.5. The van der Waals surface area contributed by atoms with Crippen LogP contribution in [0, 0.1) is 6.92 Å². The molecule has 6 nitrogen and oxygen atoms in total. The average Bonchev–Trinajstić information content (AvgIpc) is 3.12. The van der Waals surface area contributed by atoms with Gasteiger partial charge in [-0.15, -0.1) is 0 Å². The van der Waals surface area contributed by atoms with Crippen LogP contribution in [0.2, 0.25) is 0 Å². The number of hydrogen-bond acceptors (Lipinski definition) is 5. The molecule has 3 rings (SSSR count). The van der Waals surface area contributed by atoms with Gasteiger partial charge in [0.05, 0.1) is 18.4 Å². The maximum atomic E-state index is 12.8. The molecular formula is C22H25N3O3. The molecule has 0 fully saturated rings. The van der Waals surface area contributed by atoms with Crippen LogP contribution in [0.4, 0.5) is 5.69 Å². The lowest BCUT2D eigenvalue weighted by Gasteiger charge is -2.19. The molecule has 1 heterocycles. The van der Waals surface area contributed by atoms with Crippen LogP contribution < -0.4 is 15.0 Å². The fourth-order valence-corrected chi connectivity index (χ4v) is 3.07. The highest BCUT2D eigenvalue weighted by Crippen LogP contribution is 2.33. The number of amides is 1. The molecule has 6 heteroatoms. The van der Waals surface area contributed by atoms with Crippen LogP contribution in [0.15, 0.2) is 59.1 Å². The summed E-state index contributed by atoms with van der Waals surface area (Å²) in [5, 5.41) is 6.96. The Kier molecular flexibility index (Phi) is 6.32. The molecular weight excluding hydrogens is 354 g/mol. The van der Waals surface area contributed by atoms with E-state index in [1.54, 1.807) is 14.0 Å². The van der Waals surface area contributed by atoms with E-state index in [9.17, 15) is 4.79 Å². The van der Waals surface area contributed by atoms with Gasteiger partial charge < -0.3 is 19.5 Å². The lowest BCUT2D eigenvalue weighted by Crippen LogP contribution is -2.28. The summed E-state index contributed by atoms with van der Waals surface area (Å²) in [6, 6.07) is 17.6. The van der Waals surface area contributed by atoms with Gasteiger partial charge in [0.25, 0.3) is 5.91 Å². The van der Waals surface area contributed by atoms with E-state index < -0.39 is 0 Å². The summed E-state index contributed by atoms with van der Waals surface area (Å²) in [5.41, 5.74) is 2.86. The Labute approximate surface area is 165 Å². The lowest BCUT2D eigenvalue weighted by atomic mass is 10.1. The first-order valence-electron chi connectivity index (χ1n) is 9.26. The number of aromatic nitrogens is 1. The summed E-state index contributed by atoms with van der Waals surface area (Å²) >= 11 is 0. The highest BCUT2D eigenvalue weighted by molar-refractivity contribution is 6.01. The summed E-state index contributed by atoms with van der Waals surface area (Å²) in [5.74, 6) is 0.869. The molecule has 1 N–H and O–H groups in total. The number of aryl methyl sites for hydroxylation is 1. The SMILES string of the molecule is COc1ccccc1-c1onc(C)c1C(=O)NCCCN(C)c1ccccc1. The highest BCUT2D eigenvalue weighted by atomic mass is 16.5. The quantitative estimate of drug-likeness (QED) is 0.601. The minimum atomic E-state index is -0.193. The third kappa shape index (κ3) is 4.34. The lowest BCUT2D eigenvalue weighted by molar-refractivity contribution is 0.0953. The summed E-state index contributed by atoms with van der Waals surface area (Å²) in [6.07, 6.45) is 0.825. The van der Waals surface area contributed by atoms with Gasteiger partial charge in [-0.2, -0.15) is 0 Å². The molecule has 0 aliphatic carbocycles. The number of nitrogens with one attached hydrogen (secondary N) is 1. The second kappa shape index (κ2) is 9.08. The van der Waals surface area contributed by atoms with Gasteiger partial charge in [0, 0.05) is 25.8 Å². The van der Waals surface area contributed by atoms with Crippen molar-refractivity contribution in [3.8, 4) is 17.1 Å². The van der Waals surface area contributed by atoms with Crippen molar-refractivity contribution in [1.29, 1.82) is 0 Å². The van der Waals surface area contributed by atoms with Gasteiger partial charge in [-0.25, -0.2) is 0 Å². The number of rotatable bonds is 8. The van der Waals surface area contributed by atoms with Gasteiger partial charge >= 0.3 is 0 Å². The molecule has 0 bridgehead atoms. The molecule has 0 saturated heterocycles. The van der Waals surface area contributed by atoms with Gasteiger partial charge in [0.2, 0.25) is 0 Å². The van der Waals surface area contributed by atoms with Crippen molar-refractivity contribution in [2.45, 2.75) is 13.3 Å². The molecule has 0 atom stereocenters. The molecule has 0 unspecified atom stereocenters. The fraction of sp³-hybridized carbons (Fsp3) is 0.273. The van der Waals surface area contributed by atoms with Gasteiger partial charge in [0.15, 0.2) is 5.76 Å². The van der Waals surface area contributed by atoms with Crippen LogP contribution in [0.5, 0.6) is 5.75 Å². The van der Waals surface area contributed by atoms with Crippen LogP contribution in [-0.2, 0) is 0 Å². The molecule has 2 aromatic carbocycles. The summed E-state index contributed by atoms with van der Waals surface area (Å²) < 4.78 is 10.8. The number of ether oxygens (including phenoxy) is 1. The predicted molar refractivity (Wildman–Crippen MR) is 110 cm³/mol. The molecule has 0 aliphatic rings. The minimum Gasteiger partial charge on any atom is -0.496 e. The molecule has 3 aromatic rings. The van der Waals surface area contributed by atoms with E-state index in [4.69, 9.17) is 9.26 Å². The van der Waals surface area contributed by atoms with Crippen LogP contribution in [0.3, 0.4) is 0 Å². The molecule has 1 aromatic heterocycles. The number of para-hydroxylation sites is 2. The van der Waals surface area contributed by atoms with Crippen LogP contribution in [0.25, 0.3) is 11.3 Å². The highest BCUT2D eigenvalue weighted by Gasteiger charge is 2.23. The second-order valence-electron chi connectivity index (χ2n) is 6.54. The third-order valence-electron chi connectivity index (χ3n) is 4.59. The third-order valence-corrected chi connectivity index (χ3v) is 4.59. The predicted octanol–water partition coefficient (Wildman–Crippen LogP) is 3.91. The number of carbonyl (C=O) groups excluding carboxylic acids is 1. The van der Waals surface area contributed by atoms with Gasteiger partial charge in [-0.05, 0) is 37.6 Å². The number of methoxy groups -OCH3 is 1. The maximum Gasteiger partial charge on any atom is 0.257 e. The number of anilines is 1. The van der Waals surface area contributed by atoms with Crippen LogP contribution in [-0.4, -0.2) is 38.3 Å². The molecule has 146 valence electrons. The summed E-state index contributed by atoms with van der Waals surface area (Å²) in [7, 11) is 3.63. The molecule has 0 radical (unpaired) electrons. The number of benzene rings is 2. The van der Waals surface area contributed by atoms with Gasteiger partial charge in [-0.1, -0.05) is 35.5 Å². The Hall–Kier alpha value is -3.28. The van der Waals surface area contributed by atoms with E-state index in [0.29, 0.717) is 34.9 Å². The minimum absolute atomic E-state index is 0.193. The molecule has 1 amide bonds. The van der Waals surface area contributed by atoms with E-state index in [0.717, 1.165) is 18.7 Å². The topological polar surface area (TPSA) is 67.6 Å². The second-order valence-corrected chi connectivity index (χ2v) is 6.54. The smallest absolute Gasteiger partial charge is 0.257 e. The average molecular weight is 379 g/mol. The van der Waals surface area contributed by atoms with Gasteiger partial charge in [0.1, 0.15) is 11.3 Å². The standard InChI is InChI=1S/C22H25N3O3/c1-16-20(21(28-24-16)18-12-7-8-13-19(18)27-3)22(26)23-14-9-15-25(2)17-10-5-4-6-11-17/h4-8,10-13H,9,14-15H2,1-3H3,(H,23,26). The van der Waals surface area contributed by atoms with E-state index in [1.165, 1.54) is 0 Å². The van der Waals surface area contributed by atoms with Crippen LogP contribution in [0.1, 0.15) is 22.5 Å². The van der Waals surface area contributed by atoms with Crippen molar-refractivity contribution in [2.24, 2.45) is 0 Å². The molecule has 0 saturated carbocycles. The van der Waals surface area contributed by atoms with Crippen molar-refractivity contribution >= 4 is 11.6 Å². The maximum absolute atomic E-state index is 12.8. The molecule has 0 spiro atoms. The largest absolute Gasteiger partial charge is 0.496 e. The Morgan fingerprint density at radius 3 is 2.61 bits per heavy atom. The molecule has 28 heavy (non-hydrogen) atoms. The van der Waals surface area contributed by atoms with Crippen molar-refractivity contribution in [1.82, 2.24) is 10.5 Å². The van der Waals surface area contributed by atoms with E-state index in [-0.39, 0.29) is 5.91 Å². The van der Waals surface area contributed by atoms with Crippen molar-refractivity contribution in [3.63, 3.8) is 0 Å². The number of carbonyl (C=O) groups is 1. The number of nitrogens with zero attached hydrogens (tertiary/aromatic N) is 2. The zero-order chi connectivity index (χ0) is 19.9. The zero-order valence-corrected chi connectivity index (χ0v) is 16.4. The fourth-order valence-electron chi connectivity index (χ4n) is 3.07. The van der Waals surface area contributed by atoms with E-state index in [2.05, 4.69) is 27.5 Å². The monoisotopic (exact) mass is 379 g/mol. The van der Waals surface area contributed by atoms with Crippen LogP contribution >= 0.6 is 0 Å². The molecule has 0 aliphatic heterocycles. The van der Waals surface area contributed by atoms with E-state index >= 15 is 0 Å². The Bertz CT molecular complexity index is 922. The van der Waals surface area contributed by atoms with Crippen molar-refractivity contribution in [3.05, 3.63) is 65.9 Å². The Morgan fingerprint density at radius 1 is 1.14 bits per heavy atom. The van der Waals surface area contributed by atoms with Crippen molar-refractivity contribution in [2.75, 3.05) is 32.1 Å². The first-order chi connectivity index (χ1) is 13.6. The van der Waals surface area contributed by atoms with Crippen molar-refractivity contribution < 1.29 is 14.1 Å². The summed E-state index contributed by atoms with van der Waals surface area (Å²) in [4.78, 5) is 14.9. The Morgan fingerprint density at radius 2 is 1.86 bits per heavy atom. The normalized spacial score (nSPS) is 10.5. The zero-order valence-electron chi connectivity index (χ0n) is 16.4. The summed E-state index contributed by atoms with van der Waals surface area (Å²) in [6.45, 7) is 3.17. The Balaban J connectivity index is 1.63. The van der Waals surface area contributed by atoms with Gasteiger partial charge in [-0.3, -0.25) is 4.79 Å². The first-order valence-corrected chi connectivity index (χ1v) is 9.26. The number of hydrogen-bond donors (Lipinski definition) is 1.